The van der Waals surface area contributed by atoms with Gasteiger partial charge in [0.2, 0.25) is 5.91 Å². The highest BCUT2D eigenvalue weighted by molar-refractivity contribution is 5.85. The van der Waals surface area contributed by atoms with Crippen LogP contribution in [0.15, 0.2) is 30.3 Å². The minimum absolute atomic E-state index is 0. The van der Waals surface area contributed by atoms with Crippen molar-refractivity contribution in [2.24, 2.45) is 11.1 Å². The Bertz CT molecular complexity index is 481. The Morgan fingerprint density at radius 2 is 1.95 bits per heavy atom. The molecule has 116 valence electrons. The Morgan fingerprint density at radius 1 is 1.29 bits per heavy atom. The van der Waals surface area contributed by atoms with Gasteiger partial charge in [0.05, 0.1) is 0 Å². The fourth-order valence-electron chi connectivity index (χ4n) is 3.71. The molecule has 1 heterocycles. The van der Waals surface area contributed by atoms with Crippen molar-refractivity contribution in [2.45, 2.75) is 44.6 Å². The molecule has 0 aromatic heterocycles. The van der Waals surface area contributed by atoms with Gasteiger partial charge in [-0.1, -0.05) is 43.7 Å². The van der Waals surface area contributed by atoms with E-state index in [0.29, 0.717) is 12.5 Å². The number of nitrogens with two attached hydrogens (primary N) is 1. The lowest BCUT2D eigenvalue weighted by Gasteiger charge is -2.42. The Hall–Kier alpha value is -1.06. The molecule has 1 saturated carbocycles. The van der Waals surface area contributed by atoms with Crippen LogP contribution >= 0.6 is 12.4 Å². The van der Waals surface area contributed by atoms with Gasteiger partial charge in [-0.15, -0.1) is 12.4 Å². The summed E-state index contributed by atoms with van der Waals surface area (Å²) in [5, 5.41) is 0. The molecule has 1 aliphatic carbocycles. The molecule has 1 aliphatic heterocycles. The molecule has 3 nitrogen and oxygen atoms in total. The van der Waals surface area contributed by atoms with Crippen LogP contribution < -0.4 is 5.73 Å². The monoisotopic (exact) mass is 308 g/mol. The van der Waals surface area contributed by atoms with Gasteiger partial charge < -0.3 is 10.6 Å². The Kier molecular flexibility index (Phi) is 4.95. The number of rotatable bonds is 3. The summed E-state index contributed by atoms with van der Waals surface area (Å²) in [5.41, 5.74) is 7.48. The molecule has 3 rings (SSSR count). The highest BCUT2D eigenvalue weighted by atomic mass is 35.5. The van der Waals surface area contributed by atoms with E-state index in [0.717, 1.165) is 25.8 Å². The third kappa shape index (κ3) is 2.82. The maximum absolute atomic E-state index is 12.8. The molecule has 1 saturated heterocycles. The molecule has 0 unspecified atom stereocenters. The highest BCUT2D eigenvalue weighted by Gasteiger charge is 2.47. The predicted octanol–water partition coefficient (Wildman–Crippen LogP) is 2.94. The number of hydrogen-bond donors (Lipinski definition) is 1. The Labute approximate surface area is 133 Å². The number of amides is 1. The molecule has 21 heavy (non-hydrogen) atoms. The van der Waals surface area contributed by atoms with E-state index in [4.69, 9.17) is 5.73 Å². The van der Waals surface area contributed by atoms with Crippen molar-refractivity contribution in [3.05, 3.63) is 35.9 Å². The highest BCUT2D eigenvalue weighted by Crippen LogP contribution is 2.46. The molecular formula is C17H25ClN2O. The molecular weight excluding hydrogens is 284 g/mol. The van der Waals surface area contributed by atoms with Gasteiger partial charge in [0.15, 0.2) is 0 Å². The van der Waals surface area contributed by atoms with Crippen molar-refractivity contribution in [2.75, 3.05) is 13.1 Å². The normalized spacial score (nSPS) is 26.9. The fraction of sp³-hybridized carbons (Fsp3) is 0.588. The van der Waals surface area contributed by atoms with E-state index in [1.54, 1.807) is 0 Å². The summed E-state index contributed by atoms with van der Waals surface area (Å²) in [4.78, 5) is 14.8. The standard InChI is InChI=1S/C17H24N2O.ClH/c1-2-17(9-6-10-17)16(20)19-11-14(15(18)12-19)13-7-4-3-5-8-13;/h3-5,7-8,14-15H,2,6,9-12,18H2,1H3;1H/t14-,15+;/m0./s1. The molecule has 1 aromatic carbocycles. The maximum Gasteiger partial charge on any atom is 0.228 e. The fourth-order valence-corrected chi connectivity index (χ4v) is 3.71. The zero-order valence-corrected chi connectivity index (χ0v) is 13.4. The van der Waals surface area contributed by atoms with E-state index in [1.807, 2.05) is 23.1 Å². The Morgan fingerprint density at radius 3 is 2.48 bits per heavy atom. The van der Waals surface area contributed by atoms with E-state index in [1.165, 1.54) is 12.0 Å². The van der Waals surface area contributed by atoms with E-state index >= 15 is 0 Å². The van der Waals surface area contributed by atoms with Gasteiger partial charge in [-0.05, 0) is 24.8 Å². The second-order valence-electron chi connectivity index (χ2n) is 6.38. The van der Waals surface area contributed by atoms with E-state index in [9.17, 15) is 4.79 Å². The first-order valence-electron chi connectivity index (χ1n) is 7.76. The summed E-state index contributed by atoms with van der Waals surface area (Å²) in [5.74, 6) is 0.634. The van der Waals surface area contributed by atoms with Crippen LogP contribution in [0, 0.1) is 5.41 Å². The lowest BCUT2D eigenvalue weighted by Crippen LogP contribution is -2.47. The minimum atomic E-state index is -0.0642. The zero-order valence-electron chi connectivity index (χ0n) is 12.6. The summed E-state index contributed by atoms with van der Waals surface area (Å²) in [6.07, 6.45) is 4.28. The summed E-state index contributed by atoms with van der Waals surface area (Å²) in [6.45, 7) is 3.63. The van der Waals surface area contributed by atoms with Crippen LogP contribution in [0.3, 0.4) is 0 Å². The van der Waals surface area contributed by atoms with Crippen molar-refractivity contribution >= 4 is 18.3 Å². The Balaban J connectivity index is 0.00000161. The van der Waals surface area contributed by atoms with Crippen molar-refractivity contribution in [3.8, 4) is 0 Å². The van der Waals surface area contributed by atoms with Crippen molar-refractivity contribution in [1.29, 1.82) is 0 Å². The van der Waals surface area contributed by atoms with E-state index in [-0.39, 0.29) is 29.8 Å². The summed E-state index contributed by atoms with van der Waals surface area (Å²) < 4.78 is 0. The molecule has 2 aliphatic rings. The average molecular weight is 309 g/mol. The number of carbonyl (C=O) groups is 1. The van der Waals surface area contributed by atoms with Crippen LogP contribution in [0.4, 0.5) is 0 Å². The smallest absolute Gasteiger partial charge is 0.228 e. The first-order chi connectivity index (χ1) is 9.66. The predicted molar refractivity (Wildman–Crippen MR) is 87.6 cm³/mol. The van der Waals surface area contributed by atoms with Crippen LogP contribution in [0.25, 0.3) is 0 Å². The quantitative estimate of drug-likeness (QED) is 0.933. The second-order valence-corrected chi connectivity index (χ2v) is 6.38. The van der Waals surface area contributed by atoms with Gasteiger partial charge in [-0.3, -0.25) is 4.79 Å². The van der Waals surface area contributed by atoms with Gasteiger partial charge in [-0.25, -0.2) is 0 Å². The number of likely N-dealkylation sites (tertiary alicyclic amines) is 1. The van der Waals surface area contributed by atoms with E-state index in [2.05, 4.69) is 19.1 Å². The van der Waals surface area contributed by atoms with Crippen LogP contribution in [-0.4, -0.2) is 29.9 Å². The molecule has 0 spiro atoms. The zero-order chi connectivity index (χ0) is 14.2. The lowest BCUT2D eigenvalue weighted by molar-refractivity contribution is -0.146. The number of carbonyl (C=O) groups excluding carboxylic acids is 1. The van der Waals surface area contributed by atoms with Crippen LogP contribution in [0.2, 0.25) is 0 Å². The molecule has 2 N–H and O–H groups in total. The number of hydrogen-bond acceptors (Lipinski definition) is 2. The van der Waals surface area contributed by atoms with Gasteiger partial charge in [-0.2, -0.15) is 0 Å². The summed E-state index contributed by atoms with van der Waals surface area (Å²) in [6, 6.07) is 10.4. The first kappa shape index (κ1) is 16.3. The van der Waals surface area contributed by atoms with Crippen molar-refractivity contribution in [3.63, 3.8) is 0 Å². The molecule has 1 aromatic rings. The summed E-state index contributed by atoms with van der Waals surface area (Å²) in [7, 11) is 0. The average Bonchev–Trinajstić information content (AvgIpc) is 2.81. The SMILES string of the molecule is CCC1(C(=O)N2C[C@@H](N)[C@H](c3ccccc3)C2)CCC1.Cl. The lowest BCUT2D eigenvalue weighted by atomic mass is 9.66. The topological polar surface area (TPSA) is 46.3 Å². The maximum atomic E-state index is 12.8. The molecule has 1 amide bonds. The van der Waals surface area contributed by atoms with Crippen LogP contribution in [0.5, 0.6) is 0 Å². The van der Waals surface area contributed by atoms with Gasteiger partial charge in [0.25, 0.3) is 0 Å². The third-order valence-corrected chi connectivity index (χ3v) is 5.32. The van der Waals surface area contributed by atoms with Crippen molar-refractivity contribution < 1.29 is 4.79 Å². The number of nitrogens with zero attached hydrogens (tertiary/aromatic N) is 1. The molecule has 2 fully saturated rings. The van der Waals surface area contributed by atoms with Crippen LogP contribution in [0.1, 0.15) is 44.1 Å². The van der Waals surface area contributed by atoms with Crippen molar-refractivity contribution in [1.82, 2.24) is 4.90 Å². The molecule has 4 heteroatoms. The van der Waals surface area contributed by atoms with Gasteiger partial charge in [0.1, 0.15) is 0 Å². The van der Waals surface area contributed by atoms with E-state index < -0.39 is 0 Å². The first-order valence-corrected chi connectivity index (χ1v) is 7.76. The number of benzene rings is 1. The summed E-state index contributed by atoms with van der Waals surface area (Å²) >= 11 is 0. The molecule has 0 radical (unpaired) electrons. The van der Waals surface area contributed by atoms with Gasteiger partial charge in [0, 0.05) is 30.5 Å². The van der Waals surface area contributed by atoms with Gasteiger partial charge >= 0.3 is 0 Å². The molecule has 2 atom stereocenters. The molecule has 0 bridgehead atoms. The number of halogens is 1. The largest absolute Gasteiger partial charge is 0.340 e. The second kappa shape index (κ2) is 6.37. The third-order valence-electron chi connectivity index (χ3n) is 5.32. The van der Waals surface area contributed by atoms with Crippen LogP contribution in [-0.2, 0) is 4.79 Å². The minimum Gasteiger partial charge on any atom is -0.340 e.